The molecule has 0 radical (unpaired) electrons. The minimum Gasteiger partial charge on any atom is -0.481 e. The summed E-state index contributed by atoms with van der Waals surface area (Å²) in [5, 5.41) is 35.0. The summed E-state index contributed by atoms with van der Waals surface area (Å²) >= 11 is 0. The molecule has 0 fully saturated rings. The first-order valence-corrected chi connectivity index (χ1v) is 11.3. The smallest absolute Gasteiger partial charge is 0.326 e. The van der Waals surface area contributed by atoms with Gasteiger partial charge in [0.15, 0.2) is 0 Å². The van der Waals surface area contributed by atoms with Gasteiger partial charge in [0.05, 0.1) is 18.9 Å². The van der Waals surface area contributed by atoms with Crippen LogP contribution in [0.5, 0.6) is 0 Å². The van der Waals surface area contributed by atoms with Gasteiger partial charge in [0, 0.05) is 24.7 Å². The molecule has 37 heavy (non-hydrogen) atoms. The zero-order chi connectivity index (χ0) is 27.5. The van der Waals surface area contributed by atoms with E-state index < -0.39 is 66.4 Å². The average Bonchev–Trinajstić information content (AvgIpc) is 3.35. The molecule has 0 spiro atoms. The highest BCUT2D eigenvalue weighted by Gasteiger charge is 2.32. The largest absolute Gasteiger partial charge is 0.481 e. The van der Waals surface area contributed by atoms with E-state index in [-0.39, 0.29) is 12.8 Å². The van der Waals surface area contributed by atoms with Crippen LogP contribution in [0.3, 0.4) is 0 Å². The summed E-state index contributed by atoms with van der Waals surface area (Å²) in [5.41, 5.74) is 6.77. The third-order valence-corrected chi connectivity index (χ3v) is 5.34. The zero-order valence-electron chi connectivity index (χ0n) is 20.0. The van der Waals surface area contributed by atoms with Crippen molar-refractivity contribution >= 4 is 29.7 Å². The van der Waals surface area contributed by atoms with E-state index in [4.69, 9.17) is 10.8 Å². The van der Waals surface area contributed by atoms with Crippen molar-refractivity contribution in [2.45, 2.75) is 56.5 Å². The Bertz CT molecular complexity index is 1080. The summed E-state index contributed by atoms with van der Waals surface area (Å²) in [7, 11) is 0. The predicted molar refractivity (Wildman–Crippen MR) is 128 cm³/mol. The van der Waals surface area contributed by atoms with Crippen LogP contribution in [0.25, 0.3) is 0 Å². The third kappa shape index (κ3) is 9.35. The van der Waals surface area contributed by atoms with Gasteiger partial charge >= 0.3 is 11.9 Å². The van der Waals surface area contributed by atoms with Crippen LogP contribution in [0, 0.1) is 0 Å². The van der Waals surface area contributed by atoms with Crippen LogP contribution < -0.4 is 21.7 Å². The standard InChI is InChI=1S/C23H30N6O8/c1-12(30)19(24)22(35)28-16(8-14-10-25-11-26-14)21(34)27-15(7-13-5-3-2-4-6-13)20(33)29-17(23(36)37)9-18(31)32/h2-6,10-12,15-17,19,30H,7-9,24H2,1H3,(H,25,26)(H,27,34)(H,28,35)(H,29,33)(H,31,32)(H,36,37). The molecular formula is C23H30N6O8. The molecule has 5 unspecified atom stereocenters. The SMILES string of the molecule is CC(O)C(N)C(=O)NC(Cc1cnc[nH]1)C(=O)NC(Cc1ccccc1)C(=O)NC(CC(=O)O)C(=O)O. The number of hydrogen-bond acceptors (Lipinski definition) is 8. The number of aromatic nitrogens is 2. The number of aliphatic hydroxyl groups is 1. The van der Waals surface area contributed by atoms with E-state index in [1.807, 2.05) is 0 Å². The fraction of sp³-hybridized carbons (Fsp3) is 0.391. The Labute approximate surface area is 211 Å². The van der Waals surface area contributed by atoms with Crippen molar-refractivity contribution < 1.29 is 39.3 Å². The molecule has 0 saturated heterocycles. The number of aromatic amines is 1. The summed E-state index contributed by atoms with van der Waals surface area (Å²) in [6.07, 6.45) is 0.598. The van der Waals surface area contributed by atoms with Crippen molar-refractivity contribution in [2.24, 2.45) is 5.73 Å². The van der Waals surface area contributed by atoms with Gasteiger partial charge in [0.25, 0.3) is 0 Å². The summed E-state index contributed by atoms with van der Waals surface area (Å²) < 4.78 is 0. The maximum Gasteiger partial charge on any atom is 0.326 e. The van der Waals surface area contributed by atoms with E-state index in [2.05, 4.69) is 25.9 Å². The van der Waals surface area contributed by atoms with Crippen LogP contribution in [-0.2, 0) is 36.8 Å². The molecule has 0 saturated carbocycles. The Kier molecular flexibility index (Phi) is 10.7. The number of aliphatic hydroxyl groups excluding tert-OH is 1. The van der Waals surface area contributed by atoms with Gasteiger partial charge in [0.2, 0.25) is 17.7 Å². The third-order valence-electron chi connectivity index (χ3n) is 5.34. The van der Waals surface area contributed by atoms with E-state index in [0.29, 0.717) is 11.3 Å². The first kappa shape index (κ1) is 28.9. The molecule has 200 valence electrons. The van der Waals surface area contributed by atoms with Crippen molar-refractivity contribution in [3.05, 3.63) is 54.1 Å². The fourth-order valence-electron chi connectivity index (χ4n) is 3.29. The Balaban J connectivity index is 2.28. The van der Waals surface area contributed by atoms with Crippen LogP contribution in [-0.4, -0.2) is 85.2 Å². The number of nitrogens with zero attached hydrogens (tertiary/aromatic N) is 1. The molecule has 14 nitrogen and oxygen atoms in total. The number of imidazole rings is 1. The molecule has 3 amide bonds. The van der Waals surface area contributed by atoms with Crippen molar-refractivity contribution in [1.29, 1.82) is 0 Å². The number of carbonyl (C=O) groups excluding carboxylic acids is 3. The number of carbonyl (C=O) groups is 5. The second kappa shape index (κ2) is 13.7. The maximum atomic E-state index is 13.2. The summed E-state index contributed by atoms with van der Waals surface area (Å²) in [6.45, 7) is 1.31. The summed E-state index contributed by atoms with van der Waals surface area (Å²) in [4.78, 5) is 67.8. The Morgan fingerprint density at radius 3 is 2.00 bits per heavy atom. The second-order valence-electron chi connectivity index (χ2n) is 8.36. The first-order chi connectivity index (χ1) is 17.5. The van der Waals surface area contributed by atoms with Crippen LogP contribution in [0.1, 0.15) is 24.6 Å². The van der Waals surface area contributed by atoms with Crippen LogP contribution in [0.2, 0.25) is 0 Å². The quantitative estimate of drug-likeness (QED) is 0.136. The van der Waals surface area contributed by atoms with Gasteiger partial charge in [-0.3, -0.25) is 19.2 Å². The molecular weight excluding hydrogens is 488 g/mol. The number of carboxylic acid groups (broad SMARTS) is 2. The van der Waals surface area contributed by atoms with Gasteiger partial charge in [-0.25, -0.2) is 9.78 Å². The number of nitrogens with one attached hydrogen (secondary N) is 4. The second-order valence-corrected chi connectivity index (χ2v) is 8.36. The molecule has 0 bridgehead atoms. The van der Waals surface area contributed by atoms with Crippen molar-refractivity contribution in [2.75, 3.05) is 0 Å². The van der Waals surface area contributed by atoms with Gasteiger partial charge in [-0.05, 0) is 12.5 Å². The van der Waals surface area contributed by atoms with E-state index >= 15 is 0 Å². The van der Waals surface area contributed by atoms with Crippen molar-refractivity contribution in [1.82, 2.24) is 25.9 Å². The molecule has 1 aromatic heterocycles. The zero-order valence-corrected chi connectivity index (χ0v) is 20.0. The van der Waals surface area contributed by atoms with E-state index in [0.717, 1.165) is 0 Å². The molecule has 14 heteroatoms. The summed E-state index contributed by atoms with van der Waals surface area (Å²) in [6, 6.07) is 2.89. The lowest BCUT2D eigenvalue weighted by molar-refractivity contribution is -0.147. The normalized spacial score (nSPS) is 14.9. The number of amides is 3. The molecule has 1 aromatic carbocycles. The topological polar surface area (TPSA) is 237 Å². The molecule has 1 heterocycles. The maximum absolute atomic E-state index is 13.2. The monoisotopic (exact) mass is 518 g/mol. The number of carboxylic acids is 2. The predicted octanol–water partition coefficient (Wildman–Crippen LogP) is -2.08. The minimum absolute atomic E-state index is 0.0598. The molecule has 2 aromatic rings. The molecule has 0 aliphatic carbocycles. The summed E-state index contributed by atoms with van der Waals surface area (Å²) in [5.74, 6) is -5.55. The van der Waals surface area contributed by atoms with Crippen molar-refractivity contribution in [3.8, 4) is 0 Å². The van der Waals surface area contributed by atoms with E-state index in [1.54, 1.807) is 30.3 Å². The lowest BCUT2D eigenvalue weighted by Gasteiger charge is -2.25. The minimum atomic E-state index is -1.73. The Morgan fingerprint density at radius 1 is 0.919 bits per heavy atom. The van der Waals surface area contributed by atoms with E-state index in [9.17, 15) is 34.2 Å². The molecule has 2 rings (SSSR count). The van der Waals surface area contributed by atoms with Gasteiger partial charge in [-0.2, -0.15) is 0 Å². The van der Waals surface area contributed by atoms with Crippen LogP contribution >= 0.6 is 0 Å². The Morgan fingerprint density at radius 2 is 1.49 bits per heavy atom. The number of aliphatic carboxylic acids is 2. The highest BCUT2D eigenvalue weighted by Crippen LogP contribution is 2.07. The fourth-order valence-corrected chi connectivity index (χ4v) is 3.29. The number of hydrogen-bond donors (Lipinski definition) is 8. The van der Waals surface area contributed by atoms with Gasteiger partial charge in [-0.15, -0.1) is 0 Å². The number of rotatable bonds is 14. The van der Waals surface area contributed by atoms with Crippen molar-refractivity contribution in [3.63, 3.8) is 0 Å². The highest BCUT2D eigenvalue weighted by molar-refractivity contribution is 5.95. The molecule has 9 N–H and O–H groups in total. The first-order valence-electron chi connectivity index (χ1n) is 11.3. The molecule has 5 atom stereocenters. The number of H-pyrrole nitrogens is 1. The molecule has 0 aliphatic heterocycles. The lowest BCUT2D eigenvalue weighted by Crippen LogP contribution is -2.59. The highest BCUT2D eigenvalue weighted by atomic mass is 16.4. The van der Waals surface area contributed by atoms with Crippen LogP contribution in [0.4, 0.5) is 0 Å². The lowest BCUT2D eigenvalue weighted by atomic mass is 10.0. The Hall–Kier alpha value is -4.30. The van der Waals surface area contributed by atoms with Gasteiger partial charge in [-0.1, -0.05) is 30.3 Å². The van der Waals surface area contributed by atoms with Crippen LogP contribution in [0.15, 0.2) is 42.9 Å². The number of nitrogens with two attached hydrogens (primary N) is 1. The van der Waals surface area contributed by atoms with Gasteiger partial charge < -0.3 is 42.0 Å². The molecule has 0 aliphatic rings. The van der Waals surface area contributed by atoms with Gasteiger partial charge in [0.1, 0.15) is 24.2 Å². The average molecular weight is 519 g/mol. The number of benzene rings is 1. The van der Waals surface area contributed by atoms with E-state index in [1.165, 1.54) is 19.4 Å².